The van der Waals surface area contributed by atoms with Crippen molar-refractivity contribution in [3.05, 3.63) is 12.4 Å². The minimum absolute atomic E-state index is 0.165. The molecule has 0 saturated carbocycles. The van der Waals surface area contributed by atoms with Gasteiger partial charge in [0.2, 0.25) is 5.95 Å². The average Bonchev–Trinajstić information content (AvgIpc) is 2.71. The quantitative estimate of drug-likeness (QED) is 0.685. The standard InChI is InChI=1S/C17H29BN4O4/c1-15(2,3)12(10-21-14(23)24)22-13-19-8-11(9-20-13)18-25-16(4,5)17(6,7)26-18/h8-9,12,21H,10H2,1-7H3,(H,23,24)(H,19,20,22). The monoisotopic (exact) mass is 364 g/mol. The van der Waals surface area contributed by atoms with Gasteiger partial charge >= 0.3 is 13.2 Å². The first-order valence-corrected chi connectivity index (χ1v) is 8.73. The van der Waals surface area contributed by atoms with E-state index in [2.05, 4.69) is 20.6 Å². The van der Waals surface area contributed by atoms with Gasteiger partial charge in [-0.15, -0.1) is 0 Å². The SMILES string of the molecule is CC(C)(C)C(CNC(=O)O)Nc1ncc(B2OC(C)(C)C(C)(C)O2)cn1. The van der Waals surface area contributed by atoms with Crippen molar-refractivity contribution in [2.24, 2.45) is 5.41 Å². The molecule has 0 aromatic carbocycles. The highest BCUT2D eigenvalue weighted by atomic mass is 16.7. The van der Waals surface area contributed by atoms with Crippen molar-refractivity contribution < 1.29 is 19.2 Å². The Morgan fingerprint density at radius 3 is 2.12 bits per heavy atom. The van der Waals surface area contributed by atoms with Crippen LogP contribution >= 0.6 is 0 Å². The maximum atomic E-state index is 10.8. The highest BCUT2D eigenvalue weighted by Crippen LogP contribution is 2.36. The summed E-state index contributed by atoms with van der Waals surface area (Å²) in [5.41, 5.74) is -0.288. The van der Waals surface area contributed by atoms with E-state index in [1.807, 2.05) is 48.5 Å². The Kier molecular flexibility index (Phi) is 5.53. The van der Waals surface area contributed by atoms with Gasteiger partial charge in [0.05, 0.1) is 17.2 Å². The molecular formula is C17H29BN4O4. The molecule has 2 heterocycles. The van der Waals surface area contributed by atoms with Crippen LogP contribution in [0.5, 0.6) is 0 Å². The Morgan fingerprint density at radius 2 is 1.69 bits per heavy atom. The summed E-state index contributed by atoms with van der Waals surface area (Å²) < 4.78 is 12.0. The molecule has 1 unspecified atom stereocenters. The molecule has 2 rings (SSSR count). The van der Waals surface area contributed by atoms with E-state index >= 15 is 0 Å². The van der Waals surface area contributed by atoms with Crippen molar-refractivity contribution in [1.29, 1.82) is 0 Å². The largest absolute Gasteiger partial charge is 0.498 e. The van der Waals surface area contributed by atoms with E-state index in [0.29, 0.717) is 5.95 Å². The molecule has 1 aromatic rings. The van der Waals surface area contributed by atoms with Gasteiger partial charge in [0, 0.05) is 24.4 Å². The lowest BCUT2D eigenvalue weighted by atomic mass is 9.81. The van der Waals surface area contributed by atoms with Crippen molar-refractivity contribution in [2.45, 2.75) is 65.7 Å². The van der Waals surface area contributed by atoms with Crippen LogP contribution in [0.1, 0.15) is 48.5 Å². The number of hydrogen-bond acceptors (Lipinski definition) is 6. The summed E-state index contributed by atoms with van der Waals surface area (Å²) in [6.45, 7) is 14.3. The number of aromatic nitrogens is 2. The van der Waals surface area contributed by atoms with Gasteiger partial charge < -0.3 is 25.0 Å². The van der Waals surface area contributed by atoms with E-state index in [4.69, 9.17) is 14.4 Å². The zero-order valence-corrected chi connectivity index (χ0v) is 16.6. The maximum absolute atomic E-state index is 10.8. The summed E-state index contributed by atoms with van der Waals surface area (Å²) in [7, 11) is -0.513. The molecule has 1 aliphatic heterocycles. The van der Waals surface area contributed by atoms with Crippen molar-refractivity contribution in [3.8, 4) is 0 Å². The van der Waals surface area contributed by atoms with Crippen molar-refractivity contribution >= 4 is 24.6 Å². The van der Waals surface area contributed by atoms with Crippen LogP contribution in [0.15, 0.2) is 12.4 Å². The number of carbonyl (C=O) groups is 1. The molecule has 1 amide bonds. The molecule has 26 heavy (non-hydrogen) atoms. The molecule has 3 N–H and O–H groups in total. The van der Waals surface area contributed by atoms with Gasteiger partial charge in [-0.05, 0) is 33.1 Å². The van der Waals surface area contributed by atoms with E-state index in [-0.39, 0.29) is 18.0 Å². The molecular weight excluding hydrogens is 335 g/mol. The lowest BCUT2D eigenvalue weighted by Gasteiger charge is -2.32. The molecule has 0 spiro atoms. The Hall–Kier alpha value is -1.87. The highest BCUT2D eigenvalue weighted by molar-refractivity contribution is 6.61. The Balaban J connectivity index is 2.08. The predicted octanol–water partition coefficient (Wildman–Crippen LogP) is 1.87. The number of hydrogen-bond donors (Lipinski definition) is 3. The Labute approximate surface area is 155 Å². The highest BCUT2D eigenvalue weighted by Gasteiger charge is 2.51. The van der Waals surface area contributed by atoms with Gasteiger partial charge in [0.25, 0.3) is 0 Å². The van der Waals surface area contributed by atoms with Crippen LogP contribution in [-0.2, 0) is 9.31 Å². The zero-order chi connectivity index (χ0) is 19.8. The van der Waals surface area contributed by atoms with E-state index in [0.717, 1.165) is 5.46 Å². The van der Waals surface area contributed by atoms with E-state index < -0.39 is 24.4 Å². The Bertz CT molecular complexity index is 627. The number of anilines is 1. The first kappa shape index (κ1) is 20.4. The summed E-state index contributed by atoms with van der Waals surface area (Å²) >= 11 is 0. The lowest BCUT2D eigenvalue weighted by Crippen LogP contribution is -2.44. The van der Waals surface area contributed by atoms with Crippen LogP contribution in [0, 0.1) is 5.41 Å². The van der Waals surface area contributed by atoms with Gasteiger partial charge in [0.15, 0.2) is 0 Å². The van der Waals surface area contributed by atoms with E-state index in [1.54, 1.807) is 12.4 Å². The van der Waals surface area contributed by atoms with Crippen LogP contribution in [0.25, 0.3) is 0 Å². The summed E-state index contributed by atoms with van der Waals surface area (Å²) in [6.07, 6.45) is 2.28. The smallest absolute Gasteiger partial charge is 0.465 e. The summed E-state index contributed by atoms with van der Waals surface area (Å²) in [4.78, 5) is 19.5. The molecule has 9 heteroatoms. The molecule has 1 aliphatic rings. The second-order valence-electron chi connectivity index (χ2n) is 8.68. The molecule has 1 saturated heterocycles. The minimum Gasteiger partial charge on any atom is -0.465 e. The molecule has 1 aromatic heterocycles. The third-order valence-electron chi connectivity index (χ3n) is 5.00. The number of nitrogens with one attached hydrogen (secondary N) is 2. The maximum Gasteiger partial charge on any atom is 0.498 e. The number of rotatable bonds is 5. The molecule has 1 fully saturated rings. The second-order valence-corrected chi connectivity index (χ2v) is 8.68. The first-order chi connectivity index (χ1) is 11.8. The average molecular weight is 364 g/mol. The number of carboxylic acid groups (broad SMARTS) is 1. The number of amides is 1. The zero-order valence-electron chi connectivity index (χ0n) is 16.6. The molecule has 8 nitrogen and oxygen atoms in total. The molecule has 0 aliphatic carbocycles. The van der Waals surface area contributed by atoms with Crippen LogP contribution < -0.4 is 16.1 Å². The summed E-state index contributed by atoms with van der Waals surface area (Å²) in [6, 6.07) is -0.165. The van der Waals surface area contributed by atoms with Crippen molar-refractivity contribution in [1.82, 2.24) is 15.3 Å². The fourth-order valence-corrected chi connectivity index (χ4v) is 2.43. The molecule has 144 valence electrons. The van der Waals surface area contributed by atoms with E-state index in [9.17, 15) is 4.79 Å². The van der Waals surface area contributed by atoms with Crippen LogP contribution in [0.2, 0.25) is 0 Å². The topological polar surface area (TPSA) is 106 Å². The fraction of sp³-hybridized carbons (Fsp3) is 0.706. The van der Waals surface area contributed by atoms with Crippen LogP contribution in [0.4, 0.5) is 10.7 Å². The third kappa shape index (κ3) is 4.65. The van der Waals surface area contributed by atoms with Crippen LogP contribution in [-0.4, -0.2) is 52.1 Å². The van der Waals surface area contributed by atoms with Gasteiger partial charge in [-0.3, -0.25) is 0 Å². The summed E-state index contributed by atoms with van der Waals surface area (Å²) in [5, 5.41) is 14.4. The van der Waals surface area contributed by atoms with E-state index in [1.165, 1.54) is 0 Å². The van der Waals surface area contributed by atoms with Crippen molar-refractivity contribution in [3.63, 3.8) is 0 Å². The normalized spacial score (nSPS) is 19.9. The minimum atomic E-state index is -1.06. The van der Waals surface area contributed by atoms with Gasteiger partial charge in [0.1, 0.15) is 0 Å². The van der Waals surface area contributed by atoms with Crippen LogP contribution in [0.3, 0.4) is 0 Å². The Morgan fingerprint density at radius 1 is 1.19 bits per heavy atom. The van der Waals surface area contributed by atoms with Crippen molar-refractivity contribution in [2.75, 3.05) is 11.9 Å². The molecule has 0 radical (unpaired) electrons. The molecule has 1 atom stereocenters. The fourth-order valence-electron chi connectivity index (χ4n) is 2.43. The first-order valence-electron chi connectivity index (χ1n) is 8.73. The lowest BCUT2D eigenvalue weighted by molar-refractivity contribution is 0.00578. The molecule has 0 bridgehead atoms. The van der Waals surface area contributed by atoms with Gasteiger partial charge in [-0.2, -0.15) is 0 Å². The number of nitrogens with zero attached hydrogens (tertiary/aromatic N) is 2. The van der Waals surface area contributed by atoms with Gasteiger partial charge in [-0.1, -0.05) is 20.8 Å². The predicted molar refractivity (Wildman–Crippen MR) is 101 cm³/mol. The second kappa shape index (κ2) is 7.04. The third-order valence-corrected chi connectivity index (χ3v) is 5.00. The summed E-state index contributed by atoms with van der Waals surface area (Å²) in [5.74, 6) is 0.428. The van der Waals surface area contributed by atoms with Gasteiger partial charge in [-0.25, -0.2) is 14.8 Å².